The minimum Gasteiger partial charge on any atom is -0.456 e. The minimum absolute atomic E-state index is 0.150. The molecule has 284 valence electrons. The molecule has 11 aromatic rings. The fraction of sp³-hybridized carbons (Fsp3) is 0.0847. The molecule has 0 unspecified atom stereocenters. The smallest absolute Gasteiger partial charge is 0.136 e. The predicted octanol–water partition coefficient (Wildman–Crippen LogP) is 16.7. The zero-order chi connectivity index (χ0) is 40.3. The van der Waals surface area contributed by atoms with Gasteiger partial charge in [-0.1, -0.05) is 178 Å². The number of hydrogen-bond acceptors (Lipinski definition) is 1. The van der Waals surface area contributed by atoms with Gasteiger partial charge in [-0.3, -0.25) is 0 Å². The van der Waals surface area contributed by atoms with Crippen LogP contribution in [0.2, 0.25) is 0 Å². The third-order valence-corrected chi connectivity index (χ3v) is 13.5. The van der Waals surface area contributed by atoms with Crippen molar-refractivity contribution in [2.75, 3.05) is 0 Å². The van der Waals surface area contributed by atoms with Crippen LogP contribution in [-0.4, -0.2) is 0 Å². The molecule has 0 N–H and O–H groups in total. The highest BCUT2D eigenvalue weighted by Gasteiger charge is 2.37. The SMILES string of the molecule is C/C(=C\c1ccc(-c2c3ccccc3c(-c3cccc4ccccc34)c3ccccc23)cc1C)c1ccc2c(c1)C(C)(C)c1ccc3ccc4oc5ccccc5c4c3c1-2. The Hall–Kier alpha value is -7.22. The number of fused-ring (bicyclic) bond motifs is 12. The summed E-state index contributed by atoms with van der Waals surface area (Å²) in [5.74, 6) is 0. The second-order valence-electron chi connectivity index (χ2n) is 17.3. The molecule has 0 saturated carbocycles. The van der Waals surface area contributed by atoms with Gasteiger partial charge in [0.2, 0.25) is 0 Å². The molecule has 1 nitrogen and oxygen atoms in total. The molecular weight excluding hydrogens is 725 g/mol. The number of para-hydroxylation sites is 1. The lowest BCUT2D eigenvalue weighted by Gasteiger charge is -2.22. The maximum absolute atomic E-state index is 6.37. The normalized spacial score (nSPS) is 13.6. The maximum atomic E-state index is 6.37. The van der Waals surface area contributed by atoms with Crippen LogP contribution in [-0.2, 0) is 5.41 Å². The third-order valence-electron chi connectivity index (χ3n) is 13.5. The van der Waals surface area contributed by atoms with Crippen molar-refractivity contribution >= 4 is 76.7 Å². The number of benzene rings is 10. The summed E-state index contributed by atoms with van der Waals surface area (Å²) in [4.78, 5) is 0. The van der Waals surface area contributed by atoms with Gasteiger partial charge in [-0.25, -0.2) is 0 Å². The second kappa shape index (κ2) is 12.9. The van der Waals surface area contributed by atoms with E-state index in [0.717, 1.165) is 11.2 Å². The van der Waals surface area contributed by atoms with Crippen molar-refractivity contribution in [2.45, 2.75) is 33.1 Å². The van der Waals surface area contributed by atoms with Crippen molar-refractivity contribution in [3.05, 3.63) is 204 Å². The van der Waals surface area contributed by atoms with Crippen LogP contribution in [0, 0.1) is 6.92 Å². The van der Waals surface area contributed by atoms with E-state index in [1.165, 1.54) is 121 Å². The summed E-state index contributed by atoms with van der Waals surface area (Å²) in [6, 6.07) is 64.9. The van der Waals surface area contributed by atoms with Crippen molar-refractivity contribution in [1.82, 2.24) is 0 Å². The van der Waals surface area contributed by atoms with Crippen LogP contribution in [0.1, 0.15) is 48.6 Å². The summed E-state index contributed by atoms with van der Waals surface area (Å²) in [6.07, 6.45) is 2.37. The highest BCUT2D eigenvalue weighted by atomic mass is 16.3. The first-order chi connectivity index (χ1) is 29.3. The van der Waals surface area contributed by atoms with Gasteiger partial charge in [0, 0.05) is 21.6 Å². The van der Waals surface area contributed by atoms with Gasteiger partial charge < -0.3 is 4.42 Å². The highest BCUT2D eigenvalue weighted by molar-refractivity contribution is 6.25. The van der Waals surface area contributed by atoms with Crippen LogP contribution in [0.25, 0.3) is 110 Å². The zero-order valence-electron chi connectivity index (χ0n) is 34.2. The average Bonchev–Trinajstić information content (AvgIpc) is 3.77. The molecule has 0 fully saturated rings. The van der Waals surface area contributed by atoms with Crippen LogP contribution in [0.15, 0.2) is 180 Å². The molecule has 0 saturated heterocycles. The van der Waals surface area contributed by atoms with Gasteiger partial charge >= 0.3 is 0 Å². The van der Waals surface area contributed by atoms with Crippen LogP contribution in [0.4, 0.5) is 0 Å². The van der Waals surface area contributed by atoms with Gasteiger partial charge in [0.05, 0.1) is 0 Å². The summed E-state index contributed by atoms with van der Waals surface area (Å²) in [5, 5.41) is 12.6. The van der Waals surface area contributed by atoms with Gasteiger partial charge in [-0.2, -0.15) is 0 Å². The first kappa shape index (κ1) is 34.8. The largest absolute Gasteiger partial charge is 0.456 e. The molecule has 0 spiro atoms. The Bertz CT molecular complexity index is 3580. The van der Waals surface area contributed by atoms with Crippen molar-refractivity contribution in [1.29, 1.82) is 0 Å². The molecule has 10 aromatic carbocycles. The Morgan fingerprint density at radius 1 is 0.467 bits per heavy atom. The third kappa shape index (κ3) is 4.99. The Balaban J connectivity index is 0.963. The topological polar surface area (TPSA) is 13.1 Å². The molecule has 12 rings (SSSR count). The molecular formula is C59H42O. The van der Waals surface area contributed by atoms with E-state index in [1.54, 1.807) is 0 Å². The Morgan fingerprint density at radius 2 is 1.12 bits per heavy atom. The van der Waals surface area contributed by atoms with E-state index in [4.69, 9.17) is 4.42 Å². The molecule has 0 radical (unpaired) electrons. The van der Waals surface area contributed by atoms with Gasteiger partial charge in [0.1, 0.15) is 11.2 Å². The average molecular weight is 767 g/mol. The Labute approximate surface area is 349 Å². The zero-order valence-corrected chi connectivity index (χ0v) is 34.2. The quantitative estimate of drug-likeness (QED) is 0.128. The standard InChI is InChI=1S/C59H42O/c1-35(40-26-29-48-51(34-40)59(3,4)50-30-27-38-28-31-53-58(55(38)57(48)50)49-21-11-12-23-52(49)60-53)32-39-24-25-41(33-36(39)2)54-44-17-7-9-19-46(44)56(47-20-10-8-18-45(47)54)43-22-13-15-37-14-5-6-16-42(37)43/h5-34H,1-4H3/b35-32+. The van der Waals surface area contributed by atoms with Crippen LogP contribution in [0.5, 0.6) is 0 Å². The number of furan rings is 1. The molecule has 1 heteroatoms. The van der Waals surface area contributed by atoms with E-state index < -0.39 is 0 Å². The predicted molar refractivity (Wildman–Crippen MR) is 257 cm³/mol. The molecule has 1 aliphatic rings. The summed E-state index contributed by atoms with van der Waals surface area (Å²) in [6.45, 7) is 9.27. The monoisotopic (exact) mass is 766 g/mol. The fourth-order valence-electron chi connectivity index (χ4n) is 10.6. The summed E-state index contributed by atoms with van der Waals surface area (Å²) >= 11 is 0. The van der Waals surface area contributed by atoms with Crippen molar-refractivity contribution in [3.63, 3.8) is 0 Å². The van der Waals surface area contributed by atoms with Crippen LogP contribution >= 0.6 is 0 Å². The van der Waals surface area contributed by atoms with Crippen LogP contribution in [0.3, 0.4) is 0 Å². The summed E-state index contributed by atoms with van der Waals surface area (Å²) < 4.78 is 6.37. The molecule has 1 aliphatic carbocycles. The lowest BCUT2D eigenvalue weighted by Crippen LogP contribution is -2.15. The maximum Gasteiger partial charge on any atom is 0.136 e. The van der Waals surface area contributed by atoms with Crippen molar-refractivity contribution in [3.8, 4) is 33.4 Å². The molecule has 0 amide bonds. The molecule has 0 bridgehead atoms. The number of hydrogen-bond donors (Lipinski definition) is 0. The van der Waals surface area contributed by atoms with Gasteiger partial charge in [-0.05, 0) is 137 Å². The molecule has 60 heavy (non-hydrogen) atoms. The van der Waals surface area contributed by atoms with Gasteiger partial charge in [-0.15, -0.1) is 0 Å². The van der Waals surface area contributed by atoms with E-state index in [0.29, 0.717) is 0 Å². The highest BCUT2D eigenvalue weighted by Crippen LogP contribution is 2.54. The van der Waals surface area contributed by atoms with Crippen molar-refractivity contribution in [2.24, 2.45) is 0 Å². The first-order valence-corrected chi connectivity index (χ1v) is 21.1. The van der Waals surface area contributed by atoms with Crippen LogP contribution < -0.4 is 0 Å². The lowest BCUT2D eigenvalue weighted by atomic mass is 9.81. The van der Waals surface area contributed by atoms with E-state index in [2.05, 4.69) is 210 Å². The lowest BCUT2D eigenvalue weighted by molar-refractivity contribution is 0.660. The molecule has 0 atom stereocenters. The number of allylic oxidation sites excluding steroid dienone is 1. The number of rotatable bonds is 4. The van der Waals surface area contributed by atoms with E-state index in [1.807, 2.05) is 0 Å². The molecule has 1 aromatic heterocycles. The first-order valence-electron chi connectivity index (χ1n) is 21.1. The summed E-state index contributed by atoms with van der Waals surface area (Å²) in [5.41, 5.74) is 17.2. The molecule has 0 aliphatic heterocycles. The fourth-order valence-corrected chi connectivity index (χ4v) is 10.6. The molecule has 1 heterocycles. The van der Waals surface area contributed by atoms with Gasteiger partial charge in [0.25, 0.3) is 0 Å². The van der Waals surface area contributed by atoms with Gasteiger partial charge in [0.15, 0.2) is 0 Å². The van der Waals surface area contributed by atoms with E-state index in [9.17, 15) is 0 Å². The summed E-state index contributed by atoms with van der Waals surface area (Å²) in [7, 11) is 0. The second-order valence-corrected chi connectivity index (χ2v) is 17.3. The Kier molecular flexibility index (Phi) is 7.47. The van der Waals surface area contributed by atoms with E-state index >= 15 is 0 Å². The number of aryl methyl sites for hydroxylation is 1. The van der Waals surface area contributed by atoms with E-state index in [-0.39, 0.29) is 5.41 Å². The van der Waals surface area contributed by atoms with Crippen molar-refractivity contribution < 1.29 is 4.42 Å². The minimum atomic E-state index is -0.150. The Morgan fingerprint density at radius 3 is 1.87 bits per heavy atom.